The molecule has 0 saturated carbocycles. The minimum Gasteiger partial charge on any atom is -0.478 e. The molecular formula is C17H19NO3S. The van der Waals surface area contributed by atoms with Crippen molar-refractivity contribution in [2.75, 3.05) is 13.1 Å². The fraction of sp³-hybridized carbons (Fsp3) is 0.412. The van der Waals surface area contributed by atoms with Crippen molar-refractivity contribution in [2.24, 2.45) is 11.8 Å². The first-order valence-electron chi connectivity index (χ1n) is 7.49. The molecule has 0 aliphatic carbocycles. The predicted octanol–water partition coefficient (Wildman–Crippen LogP) is 2.73. The number of allylic oxidation sites excluding steroid dienone is 1. The van der Waals surface area contributed by atoms with E-state index in [1.807, 2.05) is 11.8 Å². The highest BCUT2D eigenvalue weighted by atomic mass is 32.2. The van der Waals surface area contributed by atoms with Gasteiger partial charge in [-0.2, -0.15) is 0 Å². The first-order chi connectivity index (χ1) is 10.6. The Balaban J connectivity index is 1.87. The molecule has 1 saturated heterocycles. The van der Waals surface area contributed by atoms with E-state index in [4.69, 9.17) is 5.11 Å². The first kappa shape index (κ1) is 15.3. The fourth-order valence-corrected chi connectivity index (χ4v) is 4.47. The summed E-state index contributed by atoms with van der Waals surface area (Å²) in [4.78, 5) is 24.0. The summed E-state index contributed by atoms with van der Waals surface area (Å²) in [7, 11) is 0. The Hall–Kier alpha value is -1.59. The normalized spacial score (nSPS) is 27.2. The monoisotopic (exact) mass is 317 g/mol. The van der Waals surface area contributed by atoms with Gasteiger partial charge in [-0.3, -0.25) is 4.79 Å². The number of carbonyl (C=O) groups excluding carboxylic acids is 1. The number of hydrogen-bond acceptors (Lipinski definition) is 4. The van der Waals surface area contributed by atoms with E-state index in [9.17, 15) is 9.59 Å². The molecule has 2 aliphatic rings. The Kier molecular flexibility index (Phi) is 4.36. The maximum absolute atomic E-state index is 12.9. The number of aromatic carboxylic acids is 1. The van der Waals surface area contributed by atoms with Crippen LogP contribution in [-0.2, 0) is 0 Å². The number of benzene rings is 1. The SMILES string of the molecule is Cc1cc(C(=O)C2CNCCC3SC=CC32)ccc1C(=O)O. The molecule has 3 atom stereocenters. The number of Topliss-reactive ketones (excluding diaryl/α,β-unsaturated/α-hetero) is 1. The number of nitrogens with one attached hydrogen (secondary N) is 1. The van der Waals surface area contributed by atoms with Crippen LogP contribution in [0.4, 0.5) is 0 Å². The van der Waals surface area contributed by atoms with Crippen LogP contribution < -0.4 is 5.32 Å². The second-order valence-corrected chi connectivity index (χ2v) is 7.03. The summed E-state index contributed by atoms with van der Waals surface area (Å²) in [6, 6.07) is 4.88. The van der Waals surface area contributed by atoms with Gasteiger partial charge in [-0.1, -0.05) is 12.1 Å². The van der Waals surface area contributed by atoms with E-state index in [0.717, 1.165) is 13.0 Å². The predicted molar refractivity (Wildman–Crippen MR) is 87.5 cm³/mol. The number of carboxylic acid groups (broad SMARTS) is 1. The quantitative estimate of drug-likeness (QED) is 0.839. The van der Waals surface area contributed by atoms with Gasteiger partial charge in [-0.15, -0.1) is 11.8 Å². The number of fused-ring (bicyclic) bond motifs is 1. The van der Waals surface area contributed by atoms with Gasteiger partial charge in [-0.05, 0) is 43.0 Å². The molecule has 1 aromatic carbocycles. The topological polar surface area (TPSA) is 66.4 Å². The third-order valence-corrected chi connectivity index (χ3v) is 5.71. The van der Waals surface area contributed by atoms with Crippen molar-refractivity contribution in [1.82, 2.24) is 5.32 Å². The molecule has 2 aliphatic heterocycles. The number of ketones is 1. The van der Waals surface area contributed by atoms with E-state index >= 15 is 0 Å². The summed E-state index contributed by atoms with van der Waals surface area (Å²) in [5, 5.41) is 15.0. The lowest BCUT2D eigenvalue weighted by atomic mass is 9.83. The van der Waals surface area contributed by atoms with Crippen molar-refractivity contribution in [3.8, 4) is 0 Å². The summed E-state index contributed by atoms with van der Waals surface area (Å²) in [5.41, 5.74) is 1.50. The Morgan fingerprint density at radius 3 is 2.91 bits per heavy atom. The molecule has 2 N–H and O–H groups in total. The lowest BCUT2D eigenvalue weighted by Gasteiger charge is -2.23. The lowest BCUT2D eigenvalue weighted by Crippen LogP contribution is -2.32. The van der Waals surface area contributed by atoms with E-state index in [0.29, 0.717) is 22.9 Å². The minimum absolute atomic E-state index is 0.0752. The highest BCUT2D eigenvalue weighted by molar-refractivity contribution is 8.03. The van der Waals surface area contributed by atoms with Crippen LogP contribution in [0.5, 0.6) is 0 Å². The Labute approximate surface area is 134 Å². The number of carbonyl (C=O) groups is 2. The molecule has 1 aromatic rings. The van der Waals surface area contributed by atoms with Gasteiger partial charge >= 0.3 is 5.97 Å². The minimum atomic E-state index is -0.956. The number of rotatable bonds is 3. The van der Waals surface area contributed by atoms with Crippen molar-refractivity contribution in [1.29, 1.82) is 0 Å². The van der Waals surface area contributed by atoms with Gasteiger partial charge < -0.3 is 10.4 Å². The maximum atomic E-state index is 12.9. The molecule has 116 valence electrons. The lowest BCUT2D eigenvalue weighted by molar-refractivity contribution is 0.0695. The first-order valence-corrected chi connectivity index (χ1v) is 8.43. The van der Waals surface area contributed by atoms with E-state index in [1.54, 1.807) is 19.1 Å². The molecule has 0 bridgehead atoms. The van der Waals surface area contributed by atoms with Crippen LogP contribution in [-0.4, -0.2) is 35.2 Å². The third kappa shape index (κ3) is 2.83. The highest BCUT2D eigenvalue weighted by Crippen LogP contribution is 2.39. The van der Waals surface area contributed by atoms with Crippen molar-refractivity contribution in [3.63, 3.8) is 0 Å². The smallest absolute Gasteiger partial charge is 0.335 e. The van der Waals surface area contributed by atoms with E-state index in [-0.39, 0.29) is 23.2 Å². The van der Waals surface area contributed by atoms with Gasteiger partial charge in [-0.25, -0.2) is 4.79 Å². The van der Waals surface area contributed by atoms with Crippen molar-refractivity contribution >= 4 is 23.5 Å². The van der Waals surface area contributed by atoms with E-state index in [2.05, 4.69) is 16.8 Å². The van der Waals surface area contributed by atoms with Gasteiger partial charge in [0.15, 0.2) is 5.78 Å². The number of thioether (sulfide) groups is 1. The van der Waals surface area contributed by atoms with E-state index < -0.39 is 5.97 Å². The molecule has 0 amide bonds. The van der Waals surface area contributed by atoms with Crippen molar-refractivity contribution < 1.29 is 14.7 Å². The van der Waals surface area contributed by atoms with Crippen molar-refractivity contribution in [2.45, 2.75) is 18.6 Å². The molecule has 2 heterocycles. The third-order valence-electron chi connectivity index (χ3n) is 4.50. The summed E-state index contributed by atoms with van der Waals surface area (Å²) >= 11 is 1.81. The molecule has 0 radical (unpaired) electrons. The average Bonchev–Trinajstić information content (AvgIpc) is 2.86. The number of hydrogen-bond donors (Lipinski definition) is 2. The largest absolute Gasteiger partial charge is 0.478 e. The highest BCUT2D eigenvalue weighted by Gasteiger charge is 2.37. The molecular weight excluding hydrogens is 298 g/mol. The molecule has 3 unspecified atom stereocenters. The van der Waals surface area contributed by atoms with Crippen LogP contribution in [0, 0.1) is 18.8 Å². The van der Waals surface area contributed by atoms with Crippen molar-refractivity contribution in [3.05, 3.63) is 46.4 Å². The van der Waals surface area contributed by atoms with Gasteiger partial charge in [0.1, 0.15) is 0 Å². The molecule has 4 nitrogen and oxygen atoms in total. The van der Waals surface area contributed by atoms with Gasteiger partial charge in [0, 0.05) is 29.2 Å². The van der Waals surface area contributed by atoms with Gasteiger partial charge in [0.25, 0.3) is 0 Å². The zero-order valence-corrected chi connectivity index (χ0v) is 13.2. The van der Waals surface area contributed by atoms with Crippen LogP contribution in [0.2, 0.25) is 0 Å². The van der Waals surface area contributed by atoms with Crippen LogP contribution >= 0.6 is 11.8 Å². The second-order valence-electron chi connectivity index (χ2n) is 5.88. The molecule has 0 aromatic heterocycles. The average molecular weight is 317 g/mol. The van der Waals surface area contributed by atoms with Gasteiger partial charge in [0.2, 0.25) is 0 Å². The van der Waals surface area contributed by atoms with Crippen LogP contribution in [0.15, 0.2) is 29.7 Å². The maximum Gasteiger partial charge on any atom is 0.335 e. The van der Waals surface area contributed by atoms with E-state index in [1.165, 1.54) is 6.07 Å². The second kappa shape index (κ2) is 6.26. The Morgan fingerprint density at radius 2 is 2.18 bits per heavy atom. The number of aryl methyl sites for hydroxylation is 1. The Bertz CT molecular complexity index is 641. The summed E-state index contributed by atoms with van der Waals surface area (Å²) < 4.78 is 0. The molecule has 5 heteroatoms. The standard InChI is InChI=1S/C17H19NO3S/c1-10-8-11(2-3-12(10)17(20)21)16(19)14-9-18-6-4-15-13(14)5-7-22-15/h2-3,5,7-8,13-15,18H,4,6,9H2,1H3,(H,20,21). The van der Waals surface area contributed by atoms with Gasteiger partial charge in [0.05, 0.1) is 5.56 Å². The van der Waals surface area contributed by atoms with Crippen LogP contribution in [0.1, 0.15) is 32.7 Å². The molecule has 3 rings (SSSR count). The summed E-state index contributed by atoms with van der Waals surface area (Å²) in [6.07, 6.45) is 3.23. The molecule has 1 fully saturated rings. The summed E-state index contributed by atoms with van der Waals surface area (Å²) in [6.45, 7) is 3.36. The molecule has 22 heavy (non-hydrogen) atoms. The number of carboxylic acids is 1. The fourth-order valence-electron chi connectivity index (χ4n) is 3.28. The zero-order valence-electron chi connectivity index (χ0n) is 12.4. The molecule has 0 spiro atoms. The van der Waals surface area contributed by atoms with Crippen LogP contribution in [0.25, 0.3) is 0 Å². The van der Waals surface area contributed by atoms with Crippen LogP contribution in [0.3, 0.4) is 0 Å². The summed E-state index contributed by atoms with van der Waals surface area (Å²) in [5.74, 6) is -0.653. The zero-order chi connectivity index (χ0) is 15.7. The Morgan fingerprint density at radius 1 is 1.36 bits per heavy atom.